The summed E-state index contributed by atoms with van der Waals surface area (Å²) in [5, 5.41) is 2.80. The predicted octanol–water partition coefficient (Wildman–Crippen LogP) is 4.00. The minimum atomic E-state index is -0.536. The molecule has 0 bridgehead atoms. The molecular weight excluding hydrogens is 304 g/mol. The van der Waals surface area contributed by atoms with Crippen molar-refractivity contribution in [2.45, 2.75) is 20.4 Å². The molecule has 0 radical (unpaired) electrons. The zero-order valence-corrected chi connectivity index (χ0v) is 11.6. The molecule has 1 aromatic carbocycles. The first-order valence-electron chi connectivity index (χ1n) is 5.46. The topological polar surface area (TPSA) is 29.9 Å². The van der Waals surface area contributed by atoms with Crippen molar-refractivity contribution < 1.29 is 8.78 Å². The fourth-order valence-corrected chi connectivity index (χ4v) is 1.94. The van der Waals surface area contributed by atoms with Crippen LogP contribution in [0, 0.1) is 18.6 Å². The Labute approximate surface area is 112 Å². The fraction of sp³-hybridized carbons (Fsp3) is 0.250. The summed E-state index contributed by atoms with van der Waals surface area (Å²) in [6.07, 6.45) is 1.84. The van der Waals surface area contributed by atoms with Crippen LogP contribution in [0.2, 0.25) is 0 Å². The first-order valence-corrected chi connectivity index (χ1v) is 6.26. The molecule has 1 heterocycles. The normalized spacial score (nSPS) is 10.7. The molecule has 0 saturated carbocycles. The number of halogens is 3. The molecule has 0 aliphatic carbocycles. The van der Waals surface area contributed by atoms with Gasteiger partial charge in [0, 0.05) is 18.8 Å². The summed E-state index contributed by atoms with van der Waals surface area (Å²) in [5.41, 5.74) is 0.883. The standard InChI is InChI=1S/C12H12BrF2N3/c1-3-18-6-7(2)16-12(18)17-11-5-9(14)8(13)4-10(11)15/h4-6H,3H2,1-2H3,(H,16,17). The van der Waals surface area contributed by atoms with Crippen LogP contribution < -0.4 is 5.32 Å². The van der Waals surface area contributed by atoms with E-state index in [0.29, 0.717) is 12.5 Å². The van der Waals surface area contributed by atoms with E-state index < -0.39 is 11.6 Å². The molecule has 0 aliphatic rings. The van der Waals surface area contributed by atoms with Gasteiger partial charge in [-0.15, -0.1) is 0 Å². The minimum Gasteiger partial charge on any atom is -0.323 e. The highest BCUT2D eigenvalue weighted by atomic mass is 79.9. The van der Waals surface area contributed by atoms with Gasteiger partial charge >= 0.3 is 0 Å². The Morgan fingerprint density at radius 3 is 2.72 bits per heavy atom. The Morgan fingerprint density at radius 2 is 2.06 bits per heavy atom. The van der Waals surface area contributed by atoms with E-state index in [1.54, 1.807) is 0 Å². The molecule has 0 spiro atoms. The minimum absolute atomic E-state index is 0.0657. The zero-order valence-electron chi connectivity index (χ0n) is 9.97. The van der Waals surface area contributed by atoms with Gasteiger partial charge in [-0.25, -0.2) is 13.8 Å². The molecule has 18 heavy (non-hydrogen) atoms. The van der Waals surface area contributed by atoms with Crippen LogP contribution >= 0.6 is 15.9 Å². The lowest BCUT2D eigenvalue weighted by Gasteiger charge is -2.09. The molecule has 6 heteroatoms. The maximum absolute atomic E-state index is 13.7. The van der Waals surface area contributed by atoms with Crippen molar-refractivity contribution in [2.24, 2.45) is 0 Å². The Kier molecular flexibility index (Phi) is 3.65. The monoisotopic (exact) mass is 315 g/mol. The molecule has 96 valence electrons. The Bertz CT molecular complexity index is 581. The molecular formula is C12H12BrF2N3. The van der Waals surface area contributed by atoms with Crippen LogP contribution in [0.1, 0.15) is 12.6 Å². The smallest absolute Gasteiger partial charge is 0.207 e. The molecule has 3 nitrogen and oxygen atoms in total. The molecule has 0 amide bonds. The number of hydrogen-bond acceptors (Lipinski definition) is 2. The molecule has 0 atom stereocenters. The second kappa shape index (κ2) is 5.06. The van der Waals surface area contributed by atoms with Crippen LogP contribution in [-0.2, 0) is 6.54 Å². The van der Waals surface area contributed by atoms with Crippen molar-refractivity contribution in [1.29, 1.82) is 0 Å². The van der Waals surface area contributed by atoms with Gasteiger partial charge in [-0.2, -0.15) is 0 Å². The van der Waals surface area contributed by atoms with E-state index in [2.05, 4.69) is 26.2 Å². The van der Waals surface area contributed by atoms with Crippen molar-refractivity contribution in [3.8, 4) is 0 Å². The number of nitrogens with one attached hydrogen (secondary N) is 1. The second-order valence-corrected chi connectivity index (χ2v) is 4.72. The largest absolute Gasteiger partial charge is 0.323 e. The Balaban J connectivity index is 2.36. The third-order valence-electron chi connectivity index (χ3n) is 2.49. The lowest BCUT2D eigenvalue weighted by atomic mass is 10.3. The Hall–Kier alpha value is -1.43. The van der Waals surface area contributed by atoms with Gasteiger partial charge in [-0.1, -0.05) is 0 Å². The first-order chi connectivity index (χ1) is 8.51. The number of benzene rings is 1. The van der Waals surface area contributed by atoms with Gasteiger partial charge in [0.2, 0.25) is 5.95 Å². The number of aromatic nitrogens is 2. The maximum atomic E-state index is 13.7. The van der Waals surface area contributed by atoms with Crippen molar-refractivity contribution in [1.82, 2.24) is 9.55 Å². The van der Waals surface area contributed by atoms with Crippen molar-refractivity contribution in [2.75, 3.05) is 5.32 Å². The van der Waals surface area contributed by atoms with Crippen LogP contribution in [-0.4, -0.2) is 9.55 Å². The van der Waals surface area contributed by atoms with E-state index >= 15 is 0 Å². The summed E-state index contributed by atoms with van der Waals surface area (Å²) < 4.78 is 29.0. The summed E-state index contributed by atoms with van der Waals surface area (Å²) in [7, 11) is 0. The predicted molar refractivity (Wildman–Crippen MR) is 70.0 cm³/mol. The number of rotatable bonds is 3. The van der Waals surface area contributed by atoms with E-state index in [4.69, 9.17) is 0 Å². The van der Waals surface area contributed by atoms with Crippen LogP contribution in [0.4, 0.5) is 20.4 Å². The van der Waals surface area contributed by atoms with E-state index in [1.165, 1.54) is 0 Å². The fourth-order valence-electron chi connectivity index (χ4n) is 1.63. The summed E-state index contributed by atoms with van der Waals surface area (Å²) >= 11 is 2.93. The highest BCUT2D eigenvalue weighted by molar-refractivity contribution is 9.10. The van der Waals surface area contributed by atoms with Gasteiger partial charge in [0.15, 0.2) is 0 Å². The Morgan fingerprint density at radius 1 is 1.33 bits per heavy atom. The van der Waals surface area contributed by atoms with E-state index in [-0.39, 0.29) is 10.2 Å². The van der Waals surface area contributed by atoms with Gasteiger partial charge in [0.05, 0.1) is 15.9 Å². The number of nitrogens with zero attached hydrogens (tertiary/aromatic N) is 2. The van der Waals surface area contributed by atoms with Crippen molar-refractivity contribution >= 4 is 27.6 Å². The summed E-state index contributed by atoms with van der Waals surface area (Å²) in [6.45, 7) is 4.49. The maximum Gasteiger partial charge on any atom is 0.207 e. The van der Waals surface area contributed by atoms with Crippen LogP contribution in [0.25, 0.3) is 0 Å². The molecule has 1 aromatic heterocycles. The number of anilines is 2. The molecule has 2 rings (SSSR count). The molecule has 0 saturated heterocycles. The van der Waals surface area contributed by atoms with Crippen LogP contribution in [0.5, 0.6) is 0 Å². The van der Waals surface area contributed by atoms with E-state index in [1.807, 2.05) is 24.6 Å². The van der Waals surface area contributed by atoms with Gasteiger partial charge in [0.25, 0.3) is 0 Å². The molecule has 0 aliphatic heterocycles. The molecule has 0 unspecified atom stereocenters. The molecule has 2 aromatic rings. The number of imidazole rings is 1. The summed E-state index contributed by atoms with van der Waals surface area (Å²) in [4.78, 5) is 4.22. The lowest BCUT2D eigenvalue weighted by molar-refractivity contribution is 0.597. The summed E-state index contributed by atoms with van der Waals surface area (Å²) in [6, 6.07) is 2.19. The number of aryl methyl sites for hydroxylation is 2. The van der Waals surface area contributed by atoms with Crippen molar-refractivity contribution in [3.63, 3.8) is 0 Å². The SMILES string of the molecule is CCn1cc(C)nc1Nc1cc(F)c(Br)cc1F. The highest BCUT2D eigenvalue weighted by Crippen LogP contribution is 2.25. The zero-order chi connectivity index (χ0) is 13.3. The van der Waals surface area contributed by atoms with E-state index in [0.717, 1.165) is 17.8 Å². The molecule has 0 fully saturated rings. The average Bonchev–Trinajstić information content (AvgIpc) is 2.66. The van der Waals surface area contributed by atoms with Crippen LogP contribution in [0.15, 0.2) is 22.8 Å². The van der Waals surface area contributed by atoms with Crippen LogP contribution in [0.3, 0.4) is 0 Å². The highest BCUT2D eigenvalue weighted by Gasteiger charge is 2.11. The quantitative estimate of drug-likeness (QED) is 0.868. The van der Waals surface area contributed by atoms with Gasteiger partial charge in [0.1, 0.15) is 11.6 Å². The van der Waals surface area contributed by atoms with Crippen molar-refractivity contribution in [3.05, 3.63) is 40.1 Å². The average molecular weight is 316 g/mol. The van der Waals surface area contributed by atoms with E-state index in [9.17, 15) is 8.78 Å². The van der Waals surface area contributed by atoms with Gasteiger partial charge in [-0.3, -0.25) is 0 Å². The van der Waals surface area contributed by atoms with Gasteiger partial charge < -0.3 is 9.88 Å². The lowest BCUT2D eigenvalue weighted by Crippen LogP contribution is -2.03. The third kappa shape index (κ3) is 2.53. The summed E-state index contributed by atoms with van der Waals surface area (Å²) in [5.74, 6) is -0.563. The second-order valence-electron chi connectivity index (χ2n) is 3.86. The number of hydrogen-bond donors (Lipinski definition) is 1. The third-order valence-corrected chi connectivity index (χ3v) is 3.10. The first kappa shape index (κ1) is 13.0. The van der Waals surface area contributed by atoms with Gasteiger partial charge in [-0.05, 0) is 35.8 Å². The molecule has 1 N–H and O–H groups in total.